The van der Waals surface area contributed by atoms with Gasteiger partial charge in [0.15, 0.2) is 0 Å². The van der Waals surface area contributed by atoms with Gasteiger partial charge in [-0.05, 0) is 38.0 Å². The maximum Gasteiger partial charge on any atom is 0.259 e. The van der Waals surface area contributed by atoms with E-state index in [1.807, 2.05) is 38.1 Å². The van der Waals surface area contributed by atoms with Gasteiger partial charge in [-0.3, -0.25) is 9.89 Å². The quantitative estimate of drug-likeness (QED) is 0.883. The first-order valence-corrected chi connectivity index (χ1v) is 6.53. The van der Waals surface area contributed by atoms with Crippen LogP contribution in [0.1, 0.15) is 40.7 Å². The van der Waals surface area contributed by atoms with Crippen molar-refractivity contribution in [3.05, 3.63) is 46.8 Å². The van der Waals surface area contributed by atoms with E-state index in [1.165, 1.54) is 5.56 Å². The summed E-state index contributed by atoms with van der Waals surface area (Å²) in [6.45, 7) is 5.82. The van der Waals surface area contributed by atoms with Crippen molar-refractivity contribution in [2.24, 2.45) is 0 Å². The predicted octanol–water partition coefficient (Wildman–Crippen LogP) is 3.23. The number of anilines is 1. The summed E-state index contributed by atoms with van der Waals surface area (Å²) in [5, 5.41) is 9.75. The fraction of sp³-hybridized carbons (Fsp3) is 0.333. The molecule has 1 aromatic carbocycles. The summed E-state index contributed by atoms with van der Waals surface area (Å²) in [7, 11) is 0. The zero-order valence-corrected chi connectivity index (χ0v) is 11.6. The summed E-state index contributed by atoms with van der Waals surface area (Å²) >= 11 is 0. The minimum absolute atomic E-state index is 0.119. The average Bonchev–Trinajstić information content (AvgIpc) is 2.72. The molecule has 4 heteroatoms. The van der Waals surface area contributed by atoms with Gasteiger partial charge in [0.25, 0.3) is 5.91 Å². The van der Waals surface area contributed by atoms with Crippen LogP contribution in [0.3, 0.4) is 0 Å². The molecule has 0 unspecified atom stereocenters. The van der Waals surface area contributed by atoms with Crippen LogP contribution in [-0.2, 0) is 6.42 Å². The van der Waals surface area contributed by atoms with Crippen LogP contribution in [0.4, 0.5) is 5.69 Å². The molecule has 0 aliphatic carbocycles. The molecular weight excluding hydrogens is 238 g/mol. The molecule has 0 aliphatic rings. The predicted molar refractivity (Wildman–Crippen MR) is 76.5 cm³/mol. The van der Waals surface area contributed by atoms with Crippen LogP contribution in [0, 0.1) is 13.8 Å². The fourth-order valence-corrected chi connectivity index (χ4v) is 2.12. The Morgan fingerprint density at radius 3 is 2.47 bits per heavy atom. The smallest absolute Gasteiger partial charge is 0.259 e. The molecule has 2 aromatic rings. The van der Waals surface area contributed by atoms with Crippen LogP contribution in [0.15, 0.2) is 24.3 Å². The molecule has 0 fully saturated rings. The lowest BCUT2D eigenvalue weighted by molar-refractivity contribution is 0.102. The minimum Gasteiger partial charge on any atom is -0.322 e. The molecule has 100 valence electrons. The summed E-state index contributed by atoms with van der Waals surface area (Å²) in [6.07, 6.45) is 2.19. The Labute approximate surface area is 113 Å². The van der Waals surface area contributed by atoms with E-state index in [4.69, 9.17) is 0 Å². The number of H-pyrrole nitrogens is 1. The second kappa shape index (κ2) is 5.69. The van der Waals surface area contributed by atoms with Gasteiger partial charge >= 0.3 is 0 Å². The van der Waals surface area contributed by atoms with Crippen LogP contribution < -0.4 is 5.32 Å². The third-order valence-electron chi connectivity index (χ3n) is 3.11. The van der Waals surface area contributed by atoms with E-state index in [0.717, 1.165) is 29.9 Å². The summed E-state index contributed by atoms with van der Waals surface area (Å²) < 4.78 is 0. The summed E-state index contributed by atoms with van der Waals surface area (Å²) in [4.78, 5) is 12.2. The first kappa shape index (κ1) is 13.3. The van der Waals surface area contributed by atoms with Crippen molar-refractivity contribution in [3.8, 4) is 0 Å². The molecule has 4 nitrogen and oxygen atoms in total. The molecule has 0 radical (unpaired) electrons. The van der Waals surface area contributed by atoms with E-state index in [9.17, 15) is 4.79 Å². The number of nitrogens with one attached hydrogen (secondary N) is 2. The highest BCUT2D eigenvalue weighted by atomic mass is 16.1. The molecule has 1 heterocycles. The SMILES string of the molecule is CCCc1ccc(NC(=O)c2c(C)n[nH]c2C)cc1. The maximum atomic E-state index is 12.2. The lowest BCUT2D eigenvalue weighted by Gasteiger charge is -2.06. The van der Waals surface area contributed by atoms with Crippen molar-refractivity contribution in [1.29, 1.82) is 0 Å². The molecule has 1 aromatic heterocycles. The third kappa shape index (κ3) is 3.02. The minimum atomic E-state index is -0.119. The summed E-state index contributed by atoms with van der Waals surface area (Å²) in [5.41, 5.74) is 4.23. The molecule has 19 heavy (non-hydrogen) atoms. The number of carbonyl (C=O) groups excluding carboxylic acids is 1. The average molecular weight is 257 g/mol. The van der Waals surface area contributed by atoms with Gasteiger partial charge in [0.1, 0.15) is 0 Å². The highest BCUT2D eigenvalue weighted by Crippen LogP contribution is 2.15. The Kier molecular flexibility index (Phi) is 4.00. The van der Waals surface area contributed by atoms with Crippen LogP contribution in [0.2, 0.25) is 0 Å². The normalized spacial score (nSPS) is 10.5. The van der Waals surface area contributed by atoms with E-state index >= 15 is 0 Å². The first-order chi connectivity index (χ1) is 9.11. The molecule has 1 amide bonds. The van der Waals surface area contributed by atoms with Gasteiger partial charge in [-0.25, -0.2) is 0 Å². The molecule has 0 spiro atoms. The maximum absolute atomic E-state index is 12.2. The number of hydrogen-bond acceptors (Lipinski definition) is 2. The van der Waals surface area contributed by atoms with E-state index in [2.05, 4.69) is 22.4 Å². The van der Waals surface area contributed by atoms with E-state index in [-0.39, 0.29) is 5.91 Å². The topological polar surface area (TPSA) is 57.8 Å². The Morgan fingerprint density at radius 2 is 1.95 bits per heavy atom. The summed E-state index contributed by atoms with van der Waals surface area (Å²) in [6, 6.07) is 7.98. The van der Waals surface area contributed by atoms with Gasteiger partial charge in [0.05, 0.1) is 11.3 Å². The number of aromatic amines is 1. The number of nitrogens with zero attached hydrogens (tertiary/aromatic N) is 1. The number of hydrogen-bond donors (Lipinski definition) is 2. The number of aromatic nitrogens is 2. The van der Waals surface area contributed by atoms with Gasteiger partial charge in [0.2, 0.25) is 0 Å². The van der Waals surface area contributed by atoms with Crippen molar-refractivity contribution in [2.45, 2.75) is 33.6 Å². The number of carbonyl (C=O) groups is 1. The number of rotatable bonds is 4. The Hall–Kier alpha value is -2.10. The van der Waals surface area contributed by atoms with Crippen molar-refractivity contribution < 1.29 is 4.79 Å². The van der Waals surface area contributed by atoms with Crippen LogP contribution in [-0.4, -0.2) is 16.1 Å². The first-order valence-electron chi connectivity index (χ1n) is 6.53. The number of benzene rings is 1. The van der Waals surface area contributed by atoms with Gasteiger partial charge in [-0.1, -0.05) is 25.5 Å². The summed E-state index contributed by atoms with van der Waals surface area (Å²) in [5.74, 6) is -0.119. The number of amides is 1. The second-order valence-electron chi connectivity index (χ2n) is 4.71. The van der Waals surface area contributed by atoms with Crippen molar-refractivity contribution in [1.82, 2.24) is 10.2 Å². The lowest BCUT2D eigenvalue weighted by Crippen LogP contribution is -2.13. The van der Waals surface area contributed by atoms with Gasteiger partial charge in [-0.15, -0.1) is 0 Å². The van der Waals surface area contributed by atoms with E-state index in [1.54, 1.807) is 0 Å². The largest absolute Gasteiger partial charge is 0.322 e. The lowest BCUT2D eigenvalue weighted by atomic mass is 10.1. The van der Waals surface area contributed by atoms with Crippen molar-refractivity contribution in [2.75, 3.05) is 5.32 Å². The molecule has 0 saturated carbocycles. The fourth-order valence-electron chi connectivity index (χ4n) is 2.12. The molecule has 0 atom stereocenters. The molecule has 0 aliphatic heterocycles. The van der Waals surface area contributed by atoms with E-state index in [0.29, 0.717) is 5.56 Å². The third-order valence-corrected chi connectivity index (χ3v) is 3.11. The van der Waals surface area contributed by atoms with Crippen LogP contribution >= 0.6 is 0 Å². The monoisotopic (exact) mass is 257 g/mol. The van der Waals surface area contributed by atoms with E-state index < -0.39 is 0 Å². The van der Waals surface area contributed by atoms with Gasteiger partial charge in [0, 0.05) is 11.4 Å². The Morgan fingerprint density at radius 1 is 1.26 bits per heavy atom. The van der Waals surface area contributed by atoms with Crippen LogP contribution in [0.5, 0.6) is 0 Å². The Bertz CT molecular complexity index is 550. The molecule has 0 bridgehead atoms. The Balaban J connectivity index is 2.11. The van der Waals surface area contributed by atoms with Gasteiger partial charge in [-0.2, -0.15) is 5.10 Å². The second-order valence-corrected chi connectivity index (χ2v) is 4.71. The molecule has 2 rings (SSSR count). The van der Waals surface area contributed by atoms with Gasteiger partial charge < -0.3 is 5.32 Å². The van der Waals surface area contributed by atoms with Crippen molar-refractivity contribution in [3.63, 3.8) is 0 Å². The number of aryl methyl sites for hydroxylation is 3. The van der Waals surface area contributed by atoms with Crippen molar-refractivity contribution >= 4 is 11.6 Å². The molecule has 0 saturated heterocycles. The zero-order valence-electron chi connectivity index (χ0n) is 11.6. The standard InChI is InChI=1S/C15H19N3O/c1-4-5-12-6-8-13(9-7-12)16-15(19)14-10(2)17-18-11(14)3/h6-9H,4-5H2,1-3H3,(H,16,19)(H,17,18). The highest BCUT2D eigenvalue weighted by Gasteiger charge is 2.15. The zero-order chi connectivity index (χ0) is 13.8. The van der Waals surface area contributed by atoms with Crippen LogP contribution in [0.25, 0.3) is 0 Å². The molecule has 2 N–H and O–H groups in total. The molecular formula is C15H19N3O. The highest BCUT2D eigenvalue weighted by molar-refractivity contribution is 6.05.